The van der Waals surface area contributed by atoms with E-state index in [0.29, 0.717) is 0 Å². The van der Waals surface area contributed by atoms with Crippen molar-refractivity contribution in [1.29, 1.82) is 0 Å². The van der Waals surface area contributed by atoms with E-state index in [0.717, 1.165) is 39.3 Å². The molecule has 108 valence electrons. The van der Waals surface area contributed by atoms with Crippen LogP contribution in [0.2, 0.25) is 5.02 Å². The maximum atomic E-state index is 13.5. The molecular formula is C15H16BrClFNS. The van der Waals surface area contributed by atoms with Gasteiger partial charge in [0, 0.05) is 15.4 Å². The van der Waals surface area contributed by atoms with Crippen LogP contribution in [0.1, 0.15) is 29.8 Å². The Morgan fingerprint density at radius 1 is 1.40 bits per heavy atom. The molecular weight excluding hydrogens is 361 g/mol. The van der Waals surface area contributed by atoms with Gasteiger partial charge in [-0.25, -0.2) is 4.39 Å². The third-order valence-electron chi connectivity index (χ3n) is 2.96. The first-order chi connectivity index (χ1) is 9.60. The van der Waals surface area contributed by atoms with Gasteiger partial charge in [0.15, 0.2) is 0 Å². The second-order valence-electron chi connectivity index (χ2n) is 4.62. The number of rotatable bonds is 6. The highest BCUT2D eigenvalue weighted by Crippen LogP contribution is 2.31. The van der Waals surface area contributed by atoms with E-state index in [1.165, 1.54) is 6.07 Å². The monoisotopic (exact) mass is 375 g/mol. The summed E-state index contributed by atoms with van der Waals surface area (Å²) in [5.74, 6) is -0.221. The summed E-state index contributed by atoms with van der Waals surface area (Å²) in [7, 11) is 0. The van der Waals surface area contributed by atoms with Crippen molar-refractivity contribution in [3.63, 3.8) is 0 Å². The van der Waals surface area contributed by atoms with Crippen molar-refractivity contribution in [3.05, 3.63) is 55.4 Å². The normalized spacial score (nSPS) is 12.6. The summed E-state index contributed by atoms with van der Waals surface area (Å²) >= 11 is 11.2. The average Bonchev–Trinajstić information content (AvgIpc) is 2.79. The van der Waals surface area contributed by atoms with E-state index in [-0.39, 0.29) is 11.9 Å². The molecule has 0 spiro atoms. The molecule has 1 nitrogen and oxygen atoms in total. The predicted molar refractivity (Wildman–Crippen MR) is 88.2 cm³/mol. The average molecular weight is 377 g/mol. The van der Waals surface area contributed by atoms with Gasteiger partial charge in [-0.3, -0.25) is 0 Å². The fourth-order valence-electron chi connectivity index (χ4n) is 2.09. The third kappa shape index (κ3) is 4.29. The summed E-state index contributed by atoms with van der Waals surface area (Å²) in [5.41, 5.74) is 0.954. The fraction of sp³-hybridized carbons (Fsp3) is 0.333. The first-order valence-electron chi connectivity index (χ1n) is 6.51. The lowest BCUT2D eigenvalue weighted by molar-refractivity contribution is 0.534. The Labute approximate surface area is 136 Å². The van der Waals surface area contributed by atoms with Crippen LogP contribution in [0.25, 0.3) is 0 Å². The summed E-state index contributed by atoms with van der Waals surface area (Å²) < 4.78 is 14.2. The molecule has 2 aromatic rings. The zero-order valence-corrected chi connectivity index (χ0v) is 14.3. The Kier molecular flexibility index (Phi) is 6.02. The van der Waals surface area contributed by atoms with Crippen LogP contribution in [0.3, 0.4) is 0 Å². The topological polar surface area (TPSA) is 12.0 Å². The van der Waals surface area contributed by atoms with E-state index in [2.05, 4.69) is 28.2 Å². The maximum Gasteiger partial charge on any atom is 0.124 e. The predicted octanol–water partition coefficient (Wildman–Crippen LogP) is 5.59. The highest BCUT2D eigenvalue weighted by atomic mass is 79.9. The summed E-state index contributed by atoms with van der Waals surface area (Å²) in [6, 6.07) is 7.02. The first-order valence-corrected chi connectivity index (χ1v) is 8.56. The van der Waals surface area contributed by atoms with Gasteiger partial charge in [-0.1, -0.05) is 34.5 Å². The lowest BCUT2D eigenvalue weighted by Gasteiger charge is -2.18. The van der Waals surface area contributed by atoms with Gasteiger partial charge in [0.25, 0.3) is 0 Å². The molecule has 0 saturated carbocycles. The molecule has 1 aromatic heterocycles. The Balaban J connectivity index is 2.21. The molecule has 5 heteroatoms. The van der Waals surface area contributed by atoms with Gasteiger partial charge in [-0.2, -0.15) is 0 Å². The Morgan fingerprint density at radius 2 is 2.20 bits per heavy atom. The number of nitrogens with one attached hydrogen (secondary N) is 1. The Bertz CT molecular complexity index is 553. The van der Waals surface area contributed by atoms with Crippen molar-refractivity contribution in [2.45, 2.75) is 25.8 Å². The van der Waals surface area contributed by atoms with Gasteiger partial charge in [0.05, 0.1) is 5.02 Å². The van der Waals surface area contributed by atoms with E-state index in [9.17, 15) is 4.39 Å². The number of hydrogen-bond donors (Lipinski definition) is 1. The Morgan fingerprint density at radius 3 is 2.80 bits per heavy atom. The summed E-state index contributed by atoms with van der Waals surface area (Å²) in [4.78, 5) is 1.11. The smallest absolute Gasteiger partial charge is 0.124 e. The minimum absolute atomic E-state index is 0.121. The minimum atomic E-state index is -0.221. The third-order valence-corrected chi connectivity index (χ3v) is 4.89. The van der Waals surface area contributed by atoms with Crippen LogP contribution in [0.15, 0.2) is 34.1 Å². The van der Waals surface area contributed by atoms with Crippen LogP contribution in [0.4, 0.5) is 4.39 Å². The van der Waals surface area contributed by atoms with Crippen molar-refractivity contribution < 1.29 is 4.39 Å². The molecule has 1 aromatic carbocycles. The molecule has 0 amide bonds. The number of thiophene rings is 1. The van der Waals surface area contributed by atoms with Crippen molar-refractivity contribution in [2.24, 2.45) is 0 Å². The fourth-order valence-corrected chi connectivity index (χ4v) is 3.87. The number of hydrogen-bond acceptors (Lipinski definition) is 2. The van der Waals surface area contributed by atoms with Gasteiger partial charge in [0.1, 0.15) is 5.82 Å². The molecule has 0 saturated heterocycles. The first kappa shape index (κ1) is 16.0. The highest BCUT2D eigenvalue weighted by Gasteiger charge is 2.16. The Hall–Kier alpha value is -0.420. The van der Waals surface area contributed by atoms with Crippen LogP contribution in [-0.4, -0.2) is 6.54 Å². The second kappa shape index (κ2) is 7.55. The molecule has 1 unspecified atom stereocenters. The van der Waals surface area contributed by atoms with Crippen molar-refractivity contribution in [2.75, 3.05) is 6.54 Å². The molecule has 0 aliphatic rings. The van der Waals surface area contributed by atoms with Crippen LogP contribution in [0, 0.1) is 5.82 Å². The molecule has 20 heavy (non-hydrogen) atoms. The SMILES string of the molecule is CCCNC(Cc1cc(F)cc(Br)c1)c1sccc1Cl. The zero-order valence-electron chi connectivity index (χ0n) is 11.1. The number of benzene rings is 1. The van der Waals surface area contributed by atoms with Crippen LogP contribution in [-0.2, 0) is 6.42 Å². The van der Waals surface area contributed by atoms with E-state index < -0.39 is 0 Å². The van der Waals surface area contributed by atoms with Crippen molar-refractivity contribution >= 4 is 38.9 Å². The van der Waals surface area contributed by atoms with E-state index in [1.54, 1.807) is 17.4 Å². The molecule has 1 N–H and O–H groups in total. The van der Waals surface area contributed by atoms with Gasteiger partial charge in [-0.05, 0) is 54.6 Å². The lowest BCUT2D eigenvalue weighted by atomic mass is 10.0. The number of halogens is 3. The van der Waals surface area contributed by atoms with Crippen molar-refractivity contribution in [1.82, 2.24) is 5.32 Å². The quantitative estimate of drug-likeness (QED) is 0.693. The standard InChI is InChI=1S/C15H16BrClFNS/c1-2-4-19-14(15-13(17)3-5-20-15)8-10-6-11(16)9-12(18)7-10/h3,5-7,9,14,19H,2,4,8H2,1H3. The molecule has 0 radical (unpaired) electrons. The molecule has 1 atom stereocenters. The van der Waals surface area contributed by atoms with Crippen LogP contribution < -0.4 is 5.32 Å². The van der Waals surface area contributed by atoms with E-state index in [1.807, 2.05) is 17.5 Å². The van der Waals surface area contributed by atoms with Gasteiger partial charge >= 0.3 is 0 Å². The highest BCUT2D eigenvalue weighted by molar-refractivity contribution is 9.10. The van der Waals surface area contributed by atoms with Gasteiger partial charge in [0.2, 0.25) is 0 Å². The van der Waals surface area contributed by atoms with Gasteiger partial charge < -0.3 is 5.32 Å². The van der Waals surface area contributed by atoms with E-state index >= 15 is 0 Å². The minimum Gasteiger partial charge on any atom is -0.309 e. The molecule has 0 fully saturated rings. The van der Waals surface area contributed by atoms with Crippen LogP contribution >= 0.6 is 38.9 Å². The van der Waals surface area contributed by atoms with Gasteiger partial charge in [-0.15, -0.1) is 11.3 Å². The zero-order chi connectivity index (χ0) is 14.5. The summed E-state index contributed by atoms with van der Waals surface area (Å²) in [5, 5.41) is 6.25. The molecule has 1 heterocycles. The lowest BCUT2D eigenvalue weighted by Crippen LogP contribution is -2.23. The largest absolute Gasteiger partial charge is 0.309 e. The second-order valence-corrected chi connectivity index (χ2v) is 6.89. The molecule has 0 aliphatic carbocycles. The van der Waals surface area contributed by atoms with Crippen LogP contribution in [0.5, 0.6) is 0 Å². The molecule has 2 rings (SSSR count). The summed E-state index contributed by atoms with van der Waals surface area (Å²) in [6.07, 6.45) is 1.77. The summed E-state index contributed by atoms with van der Waals surface area (Å²) in [6.45, 7) is 3.04. The maximum absolute atomic E-state index is 13.5. The van der Waals surface area contributed by atoms with Crippen molar-refractivity contribution in [3.8, 4) is 0 Å². The molecule has 0 aliphatic heterocycles. The molecule has 0 bridgehead atoms. The van der Waals surface area contributed by atoms with E-state index in [4.69, 9.17) is 11.6 Å².